The Kier molecular flexibility index (Phi) is 7.60. The maximum absolute atomic E-state index is 7.12. The van der Waals surface area contributed by atoms with Crippen molar-refractivity contribution in [3.8, 4) is 11.5 Å². The van der Waals surface area contributed by atoms with E-state index in [1.165, 1.54) is 6.56 Å². The van der Waals surface area contributed by atoms with Crippen molar-refractivity contribution in [1.82, 2.24) is 0 Å². The van der Waals surface area contributed by atoms with Gasteiger partial charge in [0.05, 0.1) is 0 Å². The molecule has 39 heavy (non-hydrogen) atoms. The topological polar surface area (TPSA) is 42.5 Å². The van der Waals surface area contributed by atoms with E-state index in [2.05, 4.69) is 95.6 Å². The average Bonchev–Trinajstić information content (AvgIpc) is 3.70. The normalized spacial score (nSPS) is 14.1. The summed E-state index contributed by atoms with van der Waals surface area (Å²) in [5, 5.41) is 6.98. The van der Waals surface area contributed by atoms with E-state index >= 15 is 0 Å². The van der Waals surface area contributed by atoms with Gasteiger partial charge in [0.2, 0.25) is 0 Å². The average molecular weight is 590 g/mol. The Labute approximate surface area is 235 Å². The second-order valence-electron chi connectivity index (χ2n) is 9.51. The Bertz CT molecular complexity index is 1440. The minimum absolute atomic E-state index is 0.811. The predicted molar refractivity (Wildman–Crippen MR) is 157 cm³/mol. The Morgan fingerprint density at radius 3 is 1.33 bits per heavy atom. The van der Waals surface area contributed by atoms with Crippen LogP contribution >= 0.6 is 0 Å². The number of rotatable bonds is 10. The van der Waals surface area contributed by atoms with Gasteiger partial charge in [0, 0.05) is 0 Å². The quantitative estimate of drug-likeness (QED) is 0.193. The second-order valence-corrected chi connectivity index (χ2v) is 16.7. The zero-order chi connectivity index (χ0) is 26.3. The summed E-state index contributed by atoms with van der Waals surface area (Å²) < 4.78 is 16.8. The molecule has 5 heteroatoms. The molecule has 4 aromatic rings. The van der Waals surface area contributed by atoms with Gasteiger partial charge in [-0.1, -0.05) is 0 Å². The Balaban J connectivity index is 1.34. The Hall–Kier alpha value is -4.08. The monoisotopic (exact) mass is 588 g/mol. The van der Waals surface area contributed by atoms with E-state index in [1.807, 2.05) is 60.7 Å². The van der Waals surface area contributed by atoms with Crippen molar-refractivity contribution in [3.05, 3.63) is 152 Å². The molecule has 0 radical (unpaired) electrons. The van der Waals surface area contributed by atoms with Crippen molar-refractivity contribution < 1.29 is 26.8 Å². The molecular weight excluding hydrogens is 560 g/mol. The molecule has 192 valence electrons. The fraction of sp³-hybridized carbons (Fsp3) is 0.0588. The van der Waals surface area contributed by atoms with Gasteiger partial charge in [-0.15, -0.1) is 0 Å². The van der Waals surface area contributed by atoms with Crippen LogP contribution in [0.4, 0.5) is 22.7 Å². The standard InChI is InChI=1S/2C12H11NO.2C5H5.Zr/c2*14-12-8-4-7-11(9-12)13-10-5-2-1-3-6-10;2*1-2-4-5-3-1;/h2*1-9,13-14H;2*1-3H,4H2;/q;;;;+2/p-2. The SMILES string of the molecule is C1=CC[C]([Zr]([O]c2cccc(Nc3ccccc3)c2)([O]c2cccc(Nc3ccccc3)c2)[C]2=CC=CC2)=C1. The molecule has 0 atom stereocenters. The number of hydrogen-bond acceptors (Lipinski definition) is 4. The Morgan fingerprint density at radius 1 is 0.487 bits per heavy atom. The summed E-state index contributed by atoms with van der Waals surface area (Å²) in [5.74, 6) is 1.62. The molecule has 0 saturated heterocycles. The van der Waals surface area contributed by atoms with E-state index in [9.17, 15) is 0 Å². The number of benzene rings is 4. The Morgan fingerprint density at radius 2 is 0.923 bits per heavy atom. The molecule has 0 unspecified atom stereocenters. The number of anilines is 4. The van der Waals surface area contributed by atoms with E-state index in [0.29, 0.717) is 0 Å². The third-order valence-corrected chi connectivity index (χ3v) is 15.3. The molecule has 2 aliphatic carbocycles. The molecule has 0 fully saturated rings. The van der Waals surface area contributed by atoms with Gasteiger partial charge in [-0.25, -0.2) is 0 Å². The van der Waals surface area contributed by atoms with Crippen molar-refractivity contribution in [2.24, 2.45) is 0 Å². The summed E-state index contributed by atoms with van der Waals surface area (Å²) in [6.07, 6.45) is 14.7. The minimum atomic E-state index is -4.13. The first-order valence-corrected chi connectivity index (χ1v) is 17.7. The van der Waals surface area contributed by atoms with Crippen LogP contribution in [-0.4, -0.2) is 0 Å². The van der Waals surface area contributed by atoms with E-state index in [-0.39, 0.29) is 0 Å². The first-order valence-electron chi connectivity index (χ1n) is 13.2. The van der Waals surface area contributed by atoms with Crippen molar-refractivity contribution in [1.29, 1.82) is 0 Å². The zero-order valence-corrected chi connectivity index (χ0v) is 24.0. The van der Waals surface area contributed by atoms with Gasteiger partial charge >= 0.3 is 237 Å². The molecule has 6 rings (SSSR count). The van der Waals surface area contributed by atoms with E-state index in [4.69, 9.17) is 5.63 Å². The molecule has 4 nitrogen and oxygen atoms in total. The first-order chi connectivity index (χ1) is 19.3. The summed E-state index contributed by atoms with van der Waals surface area (Å²) in [7, 11) is 0. The number of allylic oxidation sites excluding steroid dienone is 8. The van der Waals surface area contributed by atoms with E-state index in [0.717, 1.165) is 47.1 Å². The summed E-state index contributed by atoms with van der Waals surface area (Å²) >= 11 is -4.13. The summed E-state index contributed by atoms with van der Waals surface area (Å²) in [5.41, 5.74) is 4.03. The second kappa shape index (κ2) is 11.8. The van der Waals surface area contributed by atoms with Crippen LogP contribution in [0.3, 0.4) is 0 Å². The molecule has 0 amide bonds. The molecular formula is C34H30N2O2Zr. The van der Waals surface area contributed by atoms with Gasteiger partial charge in [0.1, 0.15) is 0 Å². The summed E-state index contributed by atoms with van der Waals surface area (Å²) in [4.78, 5) is 0. The molecule has 0 aromatic heterocycles. The fourth-order valence-corrected chi connectivity index (χ4v) is 13.0. The van der Waals surface area contributed by atoms with Gasteiger partial charge in [0.15, 0.2) is 0 Å². The molecule has 0 heterocycles. The van der Waals surface area contributed by atoms with Crippen molar-refractivity contribution in [2.45, 2.75) is 12.8 Å². The van der Waals surface area contributed by atoms with Crippen LogP contribution in [-0.2, 0) is 21.1 Å². The van der Waals surface area contributed by atoms with Crippen LogP contribution in [0.1, 0.15) is 12.8 Å². The van der Waals surface area contributed by atoms with Crippen LogP contribution in [0.5, 0.6) is 11.5 Å². The first kappa shape index (κ1) is 25.2. The number of nitrogens with one attached hydrogen (secondary N) is 2. The van der Waals surface area contributed by atoms with Crippen LogP contribution in [0.25, 0.3) is 0 Å². The van der Waals surface area contributed by atoms with Gasteiger partial charge in [-0.2, -0.15) is 0 Å². The number of para-hydroxylation sites is 2. The van der Waals surface area contributed by atoms with Crippen LogP contribution in [0.2, 0.25) is 0 Å². The molecule has 0 bridgehead atoms. The maximum atomic E-state index is 7.12. The van der Waals surface area contributed by atoms with Crippen LogP contribution < -0.4 is 16.3 Å². The fourth-order valence-electron chi connectivity index (χ4n) is 4.85. The van der Waals surface area contributed by atoms with Crippen molar-refractivity contribution >= 4 is 22.7 Å². The molecule has 0 spiro atoms. The predicted octanol–water partition coefficient (Wildman–Crippen LogP) is 9.30. The molecule has 2 aliphatic rings. The van der Waals surface area contributed by atoms with Crippen LogP contribution in [0, 0.1) is 0 Å². The third kappa shape index (κ3) is 6.00. The van der Waals surface area contributed by atoms with Crippen molar-refractivity contribution in [2.75, 3.05) is 10.6 Å². The van der Waals surface area contributed by atoms with Gasteiger partial charge in [0.25, 0.3) is 0 Å². The zero-order valence-electron chi connectivity index (χ0n) is 21.6. The number of hydrogen-bond donors (Lipinski definition) is 2. The van der Waals surface area contributed by atoms with E-state index in [1.54, 1.807) is 0 Å². The molecule has 0 saturated carbocycles. The molecule has 0 aliphatic heterocycles. The summed E-state index contributed by atoms with van der Waals surface area (Å²) in [6, 6.07) is 36.7. The molecule has 4 aromatic carbocycles. The van der Waals surface area contributed by atoms with Gasteiger partial charge in [-0.3, -0.25) is 0 Å². The third-order valence-electron chi connectivity index (χ3n) is 6.70. The molecule has 2 N–H and O–H groups in total. The van der Waals surface area contributed by atoms with Gasteiger partial charge < -0.3 is 0 Å². The summed E-state index contributed by atoms with van der Waals surface area (Å²) in [6.45, 7) is 0. The van der Waals surface area contributed by atoms with E-state index < -0.39 is 21.1 Å². The van der Waals surface area contributed by atoms with Gasteiger partial charge in [-0.05, 0) is 0 Å². The van der Waals surface area contributed by atoms with Crippen LogP contribution in [0.15, 0.2) is 152 Å². The van der Waals surface area contributed by atoms with Crippen molar-refractivity contribution in [3.63, 3.8) is 0 Å².